The first-order valence-electron chi connectivity index (χ1n) is 15.4. The maximum absolute atomic E-state index is 11.9. The van der Waals surface area contributed by atoms with Crippen molar-refractivity contribution in [3.63, 3.8) is 0 Å². The Hall–Kier alpha value is -3.73. The summed E-state index contributed by atoms with van der Waals surface area (Å²) >= 11 is 3.79. The lowest BCUT2D eigenvalue weighted by molar-refractivity contribution is -0.154. The number of carbonyl (C=O) groups excluding carboxylic acids is 1. The van der Waals surface area contributed by atoms with Gasteiger partial charge in [-0.05, 0) is 57.6 Å². The third kappa shape index (κ3) is 14.3. The molecule has 5 rings (SSSR count). The van der Waals surface area contributed by atoms with Crippen molar-refractivity contribution in [2.24, 2.45) is 0 Å². The summed E-state index contributed by atoms with van der Waals surface area (Å²) in [5.41, 5.74) is 7.45. The van der Waals surface area contributed by atoms with Gasteiger partial charge in [-0.15, -0.1) is 0 Å². The van der Waals surface area contributed by atoms with Crippen molar-refractivity contribution in [2.45, 2.75) is 58.8 Å². The van der Waals surface area contributed by atoms with Gasteiger partial charge in [-0.3, -0.25) is 0 Å². The van der Waals surface area contributed by atoms with E-state index >= 15 is 0 Å². The number of hydrogen-bond acceptors (Lipinski definition) is 8. The molecule has 3 aromatic carbocycles. The molecule has 0 saturated heterocycles. The van der Waals surface area contributed by atoms with Gasteiger partial charge in [0.25, 0.3) is 0 Å². The Morgan fingerprint density at radius 2 is 1.19 bits per heavy atom. The number of thiol groups is 1. The van der Waals surface area contributed by atoms with Gasteiger partial charge in [-0.25, -0.2) is 9.59 Å². The summed E-state index contributed by atoms with van der Waals surface area (Å²) in [5, 5.41) is 28.0. The van der Waals surface area contributed by atoms with Crippen molar-refractivity contribution in [1.82, 2.24) is 0 Å². The fourth-order valence-electron chi connectivity index (χ4n) is 4.73. The maximum Gasteiger partial charge on any atom is 0.335 e. The molecule has 0 spiro atoms. The molecule has 8 nitrogen and oxygen atoms in total. The van der Waals surface area contributed by atoms with E-state index in [0.29, 0.717) is 13.2 Å². The molecule has 3 N–H and O–H groups in total. The average molecular weight is 665 g/mol. The highest BCUT2D eigenvalue weighted by molar-refractivity contribution is 7.80. The molecule has 2 atom stereocenters. The third-order valence-corrected chi connectivity index (χ3v) is 7.22. The summed E-state index contributed by atoms with van der Waals surface area (Å²) < 4.78 is 15.7. The van der Waals surface area contributed by atoms with Crippen molar-refractivity contribution in [1.29, 1.82) is 0 Å². The van der Waals surface area contributed by atoms with Crippen LogP contribution in [0.15, 0.2) is 91.0 Å². The number of aliphatic carboxylic acids is 1. The molecule has 2 aliphatic heterocycles. The highest BCUT2D eigenvalue weighted by Crippen LogP contribution is 2.23. The predicted molar refractivity (Wildman–Crippen MR) is 189 cm³/mol. The fraction of sp³-hybridized carbons (Fsp3) is 0.368. The quantitative estimate of drug-likeness (QED) is 0.150. The van der Waals surface area contributed by atoms with Crippen LogP contribution in [0.2, 0.25) is 0 Å². The van der Waals surface area contributed by atoms with Crippen molar-refractivity contribution in [3.8, 4) is 0 Å². The molecule has 0 bridgehead atoms. The van der Waals surface area contributed by atoms with E-state index in [2.05, 4.69) is 24.8 Å². The lowest BCUT2D eigenvalue weighted by Crippen LogP contribution is -2.25. The van der Waals surface area contributed by atoms with Crippen LogP contribution in [0, 0.1) is 0 Å². The summed E-state index contributed by atoms with van der Waals surface area (Å²) in [5.74, 6) is -0.841. The second-order valence-electron chi connectivity index (χ2n) is 10.7. The van der Waals surface area contributed by atoms with E-state index in [1.165, 1.54) is 11.1 Å². The zero-order valence-electron chi connectivity index (χ0n) is 26.2. The Labute approximate surface area is 284 Å². The van der Waals surface area contributed by atoms with E-state index in [9.17, 15) is 19.8 Å². The van der Waals surface area contributed by atoms with Gasteiger partial charge in [0, 0.05) is 12.8 Å². The number of rotatable bonds is 10. The SMILES string of the molecule is C.CCS.O=C(O)[C@H](O)Cc1ccc(C2=CCOCC2)cc1.O=C(OCc1ccccc1)[C@H](O)Cc1ccc(C2=CCOCC2)cc1. The zero-order valence-corrected chi connectivity index (χ0v) is 27.1. The van der Waals surface area contributed by atoms with Crippen LogP contribution in [0.3, 0.4) is 0 Å². The lowest BCUT2D eigenvalue weighted by atomic mass is 9.99. The smallest absolute Gasteiger partial charge is 0.335 e. The number of carbonyl (C=O) groups is 2. The summed E-state index contributed by atoms with van der Waals surface area (Å²) in [6.07, 6.45) is 3.85. The highest BCUT2D eigenvalue weighted by atomic mass is 32.1. The monoisotopic (exact) mass is 664 g/mol. The van der Waals surface area contributed by atoms with E-state index in [0.717, 1.165) is 59.6 Å². The van der Waals surface area contributed by atoms with Crippen molar-refractivity contribution < 1.29 is 39.1 Å². The van der Waals surface area contributed by atoms with Gasteiger partial charge >= 0.3 is 11.9 Å². The molecular weight excluding hydrogens is 616 g/mol. The van der Waals surface area contributed by atoms with Gasteiger partial charge in [0.15, 0.2) is 12.2 Å². The first kappa shape index (κ1) is 39.4. The summed E-state index contributed by atoms with van der Waals surface area (Å²) in [6.45, 7) is 4.96. The standard InChI is InChI=1S/C21H22O4.C14H16O4.C2H6S.CH4/c22-20(21(23)25-15-17-4-2-1-3-5-17)14-16-6-8-18(9-7-16)19-10-12-24-13-11-19;15-13(14(16)17)9-10-1-3-11(4-2-10)12-5-7-18-8-6-12;1-2-3;/h1-10,20,22H,11-15H2;1-5,13,15H,6-9H2,(H,16,17);3H,2H2,1H3;1H4/t20-;13-;;/m11../s1. The van der Waals surface area contributed by atoms with Gasteiger partial charge in [-0.2, -0.15) is 12.6 Å². The number of carboxylic acids is 1. The van der Waals surface area contributed by atoms with Crippen LogP contribution in [0.5, 0.6) is 0 Å². The molecule has 0 amide bonds. The Morgan fingerprint density at radius 1 is 0.745 bits per heavy atom. The number of carboxylic acid groups (broad SMARTS) is 1. The molecule has 0 aliphatic carbocycles. The molecule has 0 saturated carbocycles. The summed E-state index contributed by atoms with van der Waals surface area (Å²) in [4.78, 5) is 22.5. The van der Waals surface area contributed by atoms with Gasteiger partial charge in [-0.1, -0.05) is 105 Å². The zero-order chi connectivity index (χ0) is 33.1. The molecule has 9 heteroatoms. The highest BCUT2D eigenvalue weighted by Gasteiger charge is 2.18. The van der Waals surface area contributed by atoms with Gasteiger partial charge in [0.2, 0.25) is 0 Å². The van der Waals surface area contributed by atoms with E-state index in [-0.39, 0.29) is 26.9 Å². The Balaban J connectivity index is 0.000000308. The van der Waals surface area contributed by atoms with Crippen LogP contribution in [-0.2, 0) is 43.2 Å². The molecule has 3 aromatic rings. The molecule has 0 radical (unpaired) electrons. The second kappa shape index (κ2) is 22.0. The molecule has 0 aromatic heterocycles. The second-order valence-corrected chi connectivity index (χ2v) is 11.3. The van der Waals surface area contributed by atoms with Crippen LogP contribution < -0.4 is 0 Å². The normalized spacial score (nSPS) is 15.1. The number of benzene rings is 3. The van der Waals surface area contributed by atoms with Crippen LogP contribution in [-0.4, -0.2) is 71.6 Å². The first-order chi connectivity index (χ1) is 22.3. The minimum absolute atomic E-state index is 0. The third-order valence-electron chi connectivity index (χ3n) is 7.22. The van der Waals surface area contributed by atoms with Crippen LogP contribution in [0.1, 0.15) is 55.0 Å². The van der Waals surface area contributed by atoms with Crippen molar-refractivity contribution >= 4 is 35.7 Å². The summed E-state index contributed by atoms with van der Waals surface area (Å²) in [7, 11) is 0. The van der Waals surface area contributed by atoms with Crippen molar-refractivity contribution in [2.75, 3.05) is 32.2 Å². The number of ether oxygens (including phenoxy) is 3. The van der Waals surface area contributed by atoms with E-state index in [4.69, 9.17) is 19.3 Å². The number of aliphatic hydroxyl groups is 2. The van der Waals surface area contributed by atoms with E-state index in [1.54, 1.807) is 0 Å². The molecule has 0 fully saturated rings. The van der Waals surface area contributed by atoms with Crippen LogP contribution >= 0.6 is 12.6 Å². The Kier molecular flexibility index (Phi) is 18.4. The Morgan fingerprint density at radius 3 is 1.60 bits per heavy atom. The predicted octanol–water partition coefficient (Wildman–Crippen LogP) is 6.19. The molecule has 254 valence electrons. The van der Waals surface area contributed by atoms with E-state index < -0.39 is 24.1 Å². The topological polar surface area (TPSA) is 123 Å². The van der Waals surface area contributed by atoms with Gasteiger partial charge < -0.3 is 29.5 Å². The van der Waals surface area contributed by atoms with Crippen LogP contribution in [0.4, 0.5) is 0 Å². The number of esters is 1. The average Bonchev–Trinajstić information content (AvgIpc) is 3.09. The van der Waals surface area contributed by atoms with Gasteiger partial charge in [0.05, 0.1) is 26.4 Å². The lowest BCUT2D eigenvalue weighted by Gasteiger charge is -2.15. The van der Waals surface area contributed by atoms with Crippen molar-refractivity contribution in [3.05, 3.63) is 119 Å². The minimum Gasteiger partial charge on any atom is -0.479 e. The largest absolute Gasteiger partial charge is 0.479 e. The Bertz CT molecular complexity index is 1400. The summed E-state index contributed by atoms with van der Waals surface area (Å²) in [6, 6.07) is 25.0. The molecule has 2 aliphatic rings. The fourth-order valence-corrected chi connectivity index (χ4v) is 4.73. The first-order valence-corrected chi connectivity index (χ1v) is 16.1. The molecule has 0 unspecified atom stereocenters. The molecule has 2 heterocycles. The van der Waals surface area contributed by atoms with E-state index in [1.807, 2.05) is 85.8 Å². The minimum atomic E-state index is -1.34. The molecule has 47 heavy (non-hydrogen) atoms. The van der Waals surface area contributed by atoms with Crippen LogP contribution in [0.25, 0.3) is 11.1 Å². The molecular formula is C38H48O8S. The van der Waals surface area contributed by atoms with Gasteiger partial charge in [0.1, 0.15) is 6.61 Å². The maximum atomic E-state index is 11.9. The number of aliphatic hydroxyl groups excluding tert-OH is 2. The number of hydrogen-bond donors (Lipinski definition) is 4.